The molecule has 120 valence electrons. The molecule has 1 aromatic heterocycles. The van der Waals surface area contributed by atoms with Crippen molar-refractivity contribution >= 4 is 30.7 Å². The van der Waals surface area contributed by atoms with E-state index in [2.05, 4.69) is 15.6 Å². The number of carbonyl (C=O) groups excluding carboxylic acids is 1. The summed E-state index contributed by atoms with van der Waals surface area (Å²) in [6.07, 6.45) is 5.02. The molecule has 2 heterocycles. The molecule has 0 saturated carbocycles. The fraction of sp³-hybridized carbons (Fsp3) is 0.571. The van der Waals surface area contributed by atoms with E-state index in [1.165, 1.54) is 6.42 Å². The first-order valence-electron chi connectivity index (χ1n) is 6.81. The Morgan fingerprint density at radius 3 is 3.00 bits per heavy atom. The van der Waals surface area contributed by atoms with Gasteiger partial charge in [0.25, 0.3) is 5.91 Å². The Kier molecular flexibility index (Phi) is 10.1. The molecule has 7 heteroatoms. The van der Waals surface area contributed by atoms with Gasteiger partial charge in [-0.15, -0.1) is 24.8 Å². The van der Waals surface area contributed by atoms with E-state index in [0.717, 1.165) is 19.5 Å². The van der Waals surface area contributed by atoms with Gasteiger partial charge in [-0.2, -0.15) is 0 Å². The minimum Gasteiger partial charge on any atom is -0.479 e. The first kappa shape index (κ1) is 20.0. The molecule has 0 aliphatic carbocycles. The molecular weight excluding hydrogens is 313 g/mol. The lowest BCUT2D eigenvalue weighted by atomic mass is 10.1. The van der Waals surface area contributed by atoms with Crippen molar-refractivity contribution in [2.75, 3.05) is 19.6 Å². The van der Waals surface area contributed by atoms with Gasteiger partial charge in [-0.05, 0) is 50.9 Å². The van der Waals surface area contributed by atoms with Crippen LogP contribution in [0.4, 0.5) is 0 Å². The Bertz CT molecular complexity index is 400. The van der Waals surface area contributed by atoms with E-state index >= 15 is 0 Å². The fourth-order valence-corrected chi connectivity index (χ4v) is 2.18. The molecule has 1 saturated heterocycles. The van der Waals surface area contributed by atoms with Crippen molar-refractivity contribution in [2.45, 2.75) is 25.9 Å². The van der Waals surface area contributed by atoms with Crippen LogP contribution in [0.3, 0.4) is 0 Å². The van der Waals surface area contributed by atoms with Crippen LogP contribution >= 0.6 is 24.8 Å². The highest BCUT2D eigenvalue weighted by Crippen LogP contribution is 2.11. The van der Waals surface area contributed by atoms with Crippen LogP contribution in [0.25, 0.3) is 0 Å². The number of rotatable bonds is 6. The minimum atomic E-state index is -0.495. The summed E-state index contributed by atoms with van der Waals surface area (Å²) in [5, 5.41) is 6.24. The number of ether oxygens (including phenoxy) is 1. The summed E-state index contributed by atoms with van der Waals surface area (Å²) >= 11 is 0. The van der Waals surface area contributed by atoms with E-state index in [1.807, 2.05) is 0 Å². The summed E-state index contributed by atoms with van der Waals surface area (Å²) in [6, 6.07) is 3.58. The Morgan fingerprint density at radius 2 is 2.38 bits per heavy atom. The van der Waals surface area contributed by atoms with E-state index in [4.69, 9.17) is 4.74 Å². The standard InChI is InChI=1S/C14H21N3O2.2ClH/c1-11(19-13-3-2-6-15-10-13)14(18)17-8-5-12-4-7-16-9-12;;/h2-3,6,10-12,16H,4-5,7-9H2,1H3,(H,17,18);2*1H. The molecule has 1 aromatic rings. The third kappa shape index (κ3) is 6.98. The van der Waals surface area contributed by atoms with E-state index < -0.39 is 6.10 Å². The van der Waals surface area contributed by atoms with Crippen LogP contribution in [0.2, 0.25) is 0 Å². The van der Waals surface area contributed by atoms with Gasteiger partial charge in [-0.25, -0.2) is 0 Å². The largest absolute Gasteiger partial charge is 0.479 e. The van der Waals surface area contributed by atoms with Crippen LogP contribution < -0.4 is 15.4 Å². The molecule has 1 amide bonds. The highest BCUT2D eigenvalue weighted by atomic mass is 35.5. The number of nitrogens with zero attached hydrogens (tertiary/aromatic N) is 1. The zero-order valence-corrected chi connectivity index (χ0v) is 13.7. The Labute approximate surface area is 138 Å². The third-order valence-electron chi connectivity index (χ3n) is 3.33. The third-order valence-corrected chi connectivity index (χ3v) is 3.33. The second-order valence-corrected chi connectivity index (χ2v) is 4.89. The molecule has 0 aromatic carbocycles. The summed E-state index contributed by atoms with van der Waals surface area (Å²) in [6.45, 7) is 4.63. The molecule has 0 radical (unpaired) electrons. The summed E-state index contributed by atoms with van der Waals surface area (Å²) in [5.41, 5.74) is 0. The summed E-state index contributed by atoms with van der Waals surface area (Å²) in [4.78, 5) is 15.8. The second-order valence-electron chi connectivity index (χ2n) is 4.89. The van der Waals surface area contributed by atoms with Crippen molar-refractivity contribution in [1.29, 1.82) is 0 Å². The molecule has 2 unspecified atom stereocenters. The van der Waals surface area contributed by atoms with Gasteiger partial charge in [-0.1, -0.05) is 0 Å². The van der Waals surface area contributed by atoms with Gasteiger partial charge in [0.2, 0.25) is 0 Å². The molecule has 1 aliphatic rings. The molecule has 5 nitrogen and oxygen atoms in total. The van der Waals surface area contributed by atoms with Crippen molar-refractivity contribution in [3.63, 3.8) is 0 Å². The number of hydrogen-bond donors (Lipinski definition) is 2. The molecule has 2 atom stereocenters. The zero-order valence-electron chi connectivity index (χ0n) is 12.1. The molecule has 2 rings (SSSR count). The van der Waals surface area contributed by atoms with E-state index in [-0.39, 0.29) is 30.7 Å². The van der Waals surface area contributed by atoms with E-state index in [0.29, 0.717) is 18.2 Å². The average Bonchev–Trinajstić information content (AvgIpc) is 2.93. The molecule has 0 spiro atoms. The van der Waals surface area contributed by atoms with Crippen molar-refractivity contribution in [3.05, 3.63) is 24.5 Å². The molecule has 1 fully saturated rings. The maximum Gasteiger partial charge on any atom is 0.260 e. The Hall–Kier alpha value is -1.04. The quantitative estimate of drug-likeness (QED) is 0.832. The van der Waals surface area contributed by atoms with E-state index in [9.17, 15) is 4.79 Å². The van der Waals surface area contributed by atoms with Crippen molar-refractivity contribution in [1.82, 2.24) is 15.6 Å². The van der Waals surface area contributed by atoms with Crippen LogP contribution in [0, 0.1) is 5.92 Å². The summed E-state index contributed by atoms with van der Waals surface area (Å²) in [5.74, 6) is 1.23. The zero-order chi connectivity index (χ0) is 13.5. The van der Waals surface area contributed by atoms with Crippen molar-refractivity contribution < 1.29 is 9.53 Å². The Morgan fingerprint density at radius 1 is 1.57 bits per heavy atom. The summed E-state index contributed by atoms with van der Waals surface area (Å²) in [7, 11) is 0. The normalized spacial score (nSPS) is 18.0. The van der Waals surface area contributed by atoms with Crippen LogP contribution in [0.5, 0.6) is 5.75 Å². The maximum absolute atomic E-state index is 11.8. The molecule has 21 heavy (non-hydrogen) atoms. The first-order valence-corrected chi connectivity index (χ1v) is 6.81. The van der Waals surface area contributed by atoms with Gasteiger partial charge in [0.05, 0.1) is 6.20 Å². The molecule has 1 aliphatic heterocycles. The lowest BCUT2D eigenvalue weighted by Gasteiger charge is -2.15. The monoisotopic (exact) mass is 335 g/mol. The lowest BCUT2D eigenvalue weighted by molar-refractivity contribution is -0.127. The van der Waals surface area contributed by atoms with Crippen LogP contribution in [0.15, 0.2) is 24.5 Å². The van der Waals surface area contributed by atoms with Gasteiger partial charge in [-0.3, -0.25) is 9.78 Å². The lowest BCUT2D eigenvalue weighted by Crippen LogP contribution is -2.37. The number of amides is 1. The first-order chi connectivity index (χ1) is 9.25. The van der Waals surface area contributed by atoms with Gasteiger partial charge in [0, 0.05) is 12.7 Å². The fourth-order valence-electron chi connectivity index (χ4n) is 2.18. The maximum atomic E-state index is 11.8. The smallest absolute Gasteiger partial charge is 0.260 e. The predicted octanol–water partition coefficient (Wildman–Crippen LogP) is 1.81. The predicted molar refractivity (Wildman–Crippen MR) is 87.4 cm³/mol. The number of hydrogen-bond acceptors (Lipinski definition) is 4. The van der Waals surface area contributed by atoms with Gasteiger partial charge >= 0.3 is 0 Å². The van der Waals surface area contributed by atoms with E-state index in [1.54, 1.807) is 31.5 Å². The number of pyridine rings is 1. The number of carbonyl (C=O) groups is 1. The number of aromatic nitrogens is 1. The topological polar surface area (TPSA) is 63.2 Å². The highest BCUT2D eigenvalue weighted by molar-refractivity contribution is 5.85. The van der Waals surface area contributed by atoms with Gasteiger partial charge in [0.15, 0.2) is 6.10 Å². The van der Waals surface area contributed by atoms with Gasteiger partial charge in [0.1, 0.15) is 5.75 Å². The Balaban J connectivity index is 0.00000200. The molecule has 2 N–H and O–H groups in total. The van der Waals surface area contributed by atoms with Gasteiger partial charge < -0.3 is 15.4 Å². The number of halogens is 2. The highest BCUT2D eigenvalue weighted by Gasteiger charge is 2.17. The second kappa shape index (κ2) is 10.7. The minimum absolute atomic E-state index is 0. The van der Waals surface area contributed by atoms with Crippen molar-refractivity contribution in [2.24, 2.45) is 5.92 Å². The molecular formula is C14H23Cl2N3O2. The average molecular weight is 336 g/mol. The van der Waals surface area contributed by atoms with Crippen LogP contribution in [-0.4, -0.2) is 36.6 Å². The van der Waals surface area contributed by atoms with Crippen LogP contribution in [-0.2, 0) is 4.79 Å². The van der Waals surface area contributed by atoms with Crippen LogP contribution in [0.1, 0.15) is 19.8 Å². The summed E-state index contributed by atoms with van der Waals surface area (Å²) < 4.78 is 5.51. The number of nitrogens with one attached hydrogen (secondary N) is 2. The van der Waals surface area contributed by atoms with Crippen molar-refractivity contribution in [3.8, 4) is 5.75 Å². The molecule has 0 bridgehead atoms. The SMILES string of the molecule is CC(Oc1cccnc1)C(=O)NCCC1CCNC1.Cl.Cl.